The summed E-state index contributed by atoms with van der Waals surface area (Å²) < 4.78 is 4.61. The van der Waals surface area contributed by atoms with Gasteiger partial charge in [-0.25, -0.2) is 9.78 Å². The molecule has 0 aromatic carbocycles. The molecule has 0 radical (unpaired) electrons. The summed E-state index contributed by atoms with van der Waals surface area (Å²) in [5.74, 6) is -0.370. The van der Waals surface area contributed by atoms with Crippen molar-refractivity contribution in [1.29, 1.82) is 0 Å². The van der Waals surface area contributed by atoms with Crippen LogP contribution in [0.1, 0.15) is 30.8 Å². The zero-order valence-electron chi connectivity index (χ0n) is 9.32. The van der Waals surface area contributed by atoms with Gasteiger partial charge in [0.2, 0.25) is 0 Å². The molecule has 1 aromatic rings. The van der Waals surface area contributed by atoms with E-state index >= 15 is 0 Å². The SMILES string of the molecule is CCCN(CC)c1nc(C(=O)OC)cs1. The third-order valence-electron chi connectivity index (χ3n) is 2.03. The minimum Gasteiger partial charge on any atom is -0.464 e. The van der Waals surface area contributed by atoms with E-state index in [1.54, 1.807) is 5.38 Å². The smallest absolute Gasteiger partial charge is 0.357 e. The highest BCUT2D eigenvalue weighted by Crippen LogP contribution is 2.20. The first kappa shape index (κ1) is 12.0. The summed E-state index contributed by atoms with van der Waals surface area (Å²) in [6, 6.07) is 0. The predicted molar refractivity (Wildman–Crippen MR) is 61.6 cm³/mol. The van der Waals surface area contributed by atoms with Crippen molar-refractivity contribution in [2.45, 2.75) is 20.3 Å². The molecule has 4 nitrogen and oxygen atoms in total. The van der Waals surface area contributed by atoms with E-state index in [0.29, 0.717) is 5.69 Å². The van der Waals surface area contributed by atoms with Gasteiger partial charge in [0.1, 0.15) is 0 Å². The molecule has 0 aliphatic heterocycles. The van der Waals surface area contributed by atoms with E-state index in [2.05, 4.69) is 28.5 Å². The first-order chi connectivity index (χ1) is 7.22. The number of thiazole rings is 1. The molecule has 84 valence electrons. The summed E-state index contributed by atoms with van der Waals surface area (Å²) in [6.07, 6.45) is 1.07. The van der Waals surface area contributed by atoms with Crippen molar-refractivity contribution in [2.24, 2.45) is 0 Å². The van der Waals surface area contributed by atoms with Crippen LogP contribution in [0.5, 0.6) is 0 Å². The maximum Gasteiger partial charge on any atom is 0.357 e. The standard InChI is InChI=1S/C10H16N2O2S/c1-4-6-12(5-2)10-11-8(7-15-10)9(13)14-3/h7H,4-6H2,1-3H3. The molecule has 15 heavy (non-hydrogen) atoms. The minimum absolute atomic E-state index is 0.370. The number of methoxy groups -OCH3 is 1. The maximum atomic E-state index is 11.2. The van der Waals surface area contributed by atoms with Crippen LogP contribution in [0.2, 0.25) is 0 Å². The Bertz CT molecular complexity index is 325. The van der Waals surface area contributed by atoms with E-state index in [1.165, 1.54) is 18.4 Å². The second-order valence-electron chi connectivity index (χ2n) is 3.09. The second kappa shape index (κ2) is 5.70. The van der Waals surface area contributed by atoms with Crippen LogP contribution in [0.3, 0.4) is 0 Å². The third kappa shape index (κ3) is 2.92. The van der Waals surface area contributed by atoms with Gasteiger partial charge >= 0.3 is 5.97 Å². The van der Waals surface area contributed by atoms with Crippen molar-refractivity contribution in [3.8, 4) is 0 Å². The fourth-order valence-electron chi connectivity index (χ4n) is 1.27. The van der Waals surface area contributed by atoms with Crippen LogP contribution in [0.15, 0.2) is 5.38 Å². The van der Waals surface area contributed by atoms with Crippen molar-refractivity contribution < 1.29 is 9.53 Å². The lowest BCUT2D eigenvalue weighted by atomic mass is 10.4. The Kier molecular flexibility index (Phi) is 4.55. The van der Waals surface area contributed by atoms with Gasteiger partial charge in [-0.1, -0.05) is 6.92 Å². The number of carbonyl (C=O) groups excluding carboxylic acids is 1. The van der Waals surface area contributed by atoms with E-state index in [1.807, 2.05) is 0 Å². The molecule has 0 amide bonds. The van der Waals surface area contributed by atoms with Gasteiger partial charge in [0, 0.05) is 18.5 Å². The van der Waals surface area contributed by atoms with E-state index in [-0.39, 0.29) is 5.97 Å². The molecule has 0 saturated heterocycles. The van der Waals surface area contributed by atoms with Gasteiger partial charge in [-0.05, 0) is 13.3 Å². The fraction of sp³-hybridized carbons (Fsp3) is 0.600. The summed E-state index contributed by atoms with van der Waals surface area (Å²) in [6.45, 7) is 6.07. The Hall–Kier alpha value is -1.10. The molecular formula is C10H16N2O2S. The molecule has 0 fully saturated rings. The highest BCUT2D eigenvalue weighted by atomic mass is 32.1. The molecule has 0 aliphatic rings. The van der Waals surface area contributed by atoms with Gasteiger partial charge in [-0.3, -0.25) is 0 Å². The number of hydrogen-bond acceptors (Lipinski definition) is 5. The number of anilines is 1. The van der Waals surface area contributed by atoms with Crippen molar-refractivity contribution in [1.82, 2.24) is 4.98 Å². The van der Waals surface area contributed by atoms with Crippen molar-refractivity contribution in [2.75, 3.05) is 25.1 Å². The van der Waals surface area contributed by atoms with E-state index in [0.717, 1.165) is 24.6 Å². The Balaban J connectivity index is 2.77. The minimum atomic E-state index is -0.370. The lowest BCUT2D eigenvalue weighted by Gasteiger charge is -2.18. The van der Waals surface area contributed by atoms with Crippen molar-refractivity contribution in [3.05, 3.63) is 11.1 Å². The number of nitrogens with zero attached hydrogens (tertiary/aromatic N) is 2. The molecular weight excluding hydrogens is 212 g/mol. The molecule has 0 spiro atoms. The third-order valence-corrected chi connectivity index (χ3v) is 2.93. The van der Waals surface area contributed by atoms with Gasteiger partial charge in [-0.2, -0.15) is 0 Å². The number of ether oxygens (including phenoxy) is 1. The lowest BCUT2D eigenvalue weighted by Crippen LogP contribution is -2.23. The van der Waals surface area contributed by atoms with Crippen LogP contribution in [0.25, 0.3) is 0 Å². The molecule has 0 bridgehead atoms. The van der Waals surface area contributed by atoms with Crippen LogP contribution in [-0.2, 0) is 4.74 Å². The molecule has 1 rings (SSSR count). The van der Waals surface area contributed by atoms with Gasteiger partial charge in [0.25, 0.3) is 0 Å². The fourth-order valence-corrected chi connectivity index (χ4v) is 2.15. The topological polar surface area (TPSA) is 42.4 Å². The summed E-state index contributed by atoms with van der Waals surface area (Å²) in [5.41, 5.74) is 0.395. The largest absolute Gasteiger partial charge is 0.464 e. The van der Waals surface area contributed by atoms with Crippen LogP contribution in [-0.4, -0.2) is 31.2 Å². The van der Waals surface area contributed by atoms with Gasteiger partial charge in [-0.15, -0.1) is 11.3 Å². The van der Waals surface area contributed by atoms with Crippen LogP contribution in [0, 0.1) is 0 Å². The highest BCUT2D eigenvalue weighted by Gasteiger charge is 2.13. The van der Waals surface area contributed by atoms with Crippen LogP contribution >= 0.6 is 11.3 Å². The van der Waals surface area contributed by atoms with Crippen molar-refractivity contribution in [3.63, 3.8) is 0 Å². The number of rotatable bonds is 5. The molecule has 0 aliphatic carbocycles. The monoisotopic (exact) mass is 228 g/mol. The normalized spacial score (nSPS) is 10.1. The number of hydrogen-bond donors (Lipinski definition) is 0. The van der Waals surface area contributed by atoms with E-state index < -0.39 is 0 Å². The van der Waals surface area contributed by atoms with E-state index in [4.69, 9.17) is 0 Å². The predicted octanol–water partition coefficient (Wildman–Crippen LogP) is 2.17. The highest BCUT2D eigenvalue weighted by molar-refractivity contribution is 7.13. The number of aromatic nitrogens is 1. The summed E-state index contributed by atoms with van der Waals surface area (Å²) >= 11 is 1.48. The zero-order chi connectivity index (χ0) is 11.3. The first-order valence-electron chi connectivity index (χ1n) is 5.01. The average Bonchev–Trinajstić information content (AvgIpc) is 2.73. The quantitative estimate of drug-likeness (QED) is 0.724. The molecule has 1 aromatic heterocycles. The van der Waals surface area contributed by atoms with Crippen LogP contribution < -0.4 is 4.90 Å². The summed E-state index contributed by atoms with van der Waals surface area (Å²) in [4.78, 5) is 17.6. The molecule has 0 saturated carbocycles. The second-order valence-corrected chi connectivity index (χ2v) is 3.92. The first-order valence-corrected chi connectivity index (χ1v) is 5.89. The number of esters is 1. The number of carbonyl (C=O) groups is 1. The molecule has 0 atom stereocenters. The Morgan fingerprint density at radius 1 is 1.60 bits per heavy atom. The Morgan fingerprint density at radius 2 is 2.33 bits per heavy atom. The Labute approximate surface area is 93.9 Å². The Morgan fingerprint density at radius 3 is 2.87 bits per heavy atom. The molecule has 5 heteroatoms. The van der Waals surface area contributed by atoms with Gasteiger partial charge in [0.15, 0.2) is 10.8 Å². The maximum absolute atomic E-state index is 11.2. The lowest BCUT2D eigenvalue weighted by molar-refractivity contribution is 0.0595. The van der Waals surface area contributed by atoms with Gasteiger partial charge < -0.3 is 9.64 Å². The zero-order valence-corrected chi connectivity index (χ0v) is 10.1. The van der Waals surface area contributed by atoms with Crippen molar-refractivity contribution >= 4 is 22.4 Å². The van der Waals surface area contributed by atoms with E-state index in [9.17, 15) is 4.79 Å². The summed E-state index contributed by atoms with van der Waals surface area (Å²) in [7, 11) is 1.37. The molecule has 0 N–H and O–H groups in total. The molecule has 1 heterocycles. The summed E-state index contributed by atoms with van der Waals surface area (Å²) in [5, 5.41) is 2.62. The average molecular weight is 228 g/mol. The molecule has 0 unspecified atom stereocenters. The van der Waals surface area contributed by atoms with Gasteiger partial charge in [0.05, 0.1) is 7.11 Å². The van der Waals surface area contributed by atoms with Crippen LogP contribution in [0.4, 0.5) is 5.13 Å².